The summed E-state index contributed by atoms with van der Waals surface area (Å²) in [6.07, 6.45) is 0.780. The van der Waals surface area contributed by atoms with Crippen LogP contribution in [0.25, 0.3) is 0 Å². The third-order valence-electron chi connectivity index (χ3n) is 3.42. The third kappa shape index (κ3) is 3.78. The van der Waals surface area contributed by atoms with Crippen molar-refractivity contribution in [1.82, 2.24) is 20.2 Å². The van der Waals surface area contributed by atoms with Gasteiger partial charge in [-0.3, -0.25) is 4.79 Å². The lowest BCUT2D eigenvalue weighted by molar-refractivity contribution is -0.137. The van der Waals surface area contributed by atoms with Gasteiger partial charge in [0.25, 0.3) is 0 Å². The summed E-state index contributed by atoms with van der Waals surface area (Å²) < 4.78 is 1.62. The maximum absolute atomic E-state index is 10.7. The van der Waals surface area contributed by atoms with Crippen molar-refractivity contribution in [3.8, 4) is 0 Å². The van der Waals surface area contributed by atoms with Gasteiger partial charge in [-0.1, -0.05) is 27.7 Å². The first-order valence-electron chi connectivity index (χ1n) is 6.20. The fourth-order valence-corrected chi connectivity index (χ4v) is 1.61. The summed E-state index contributed by atoms with van der Waals surface area (Å²) in [6.45, 7) is 10.5. The Kier molecular flexibility index (Phi) is 4.43. The van der Waals surface area contributed by atoms with E-state index in [4.69, 9.17) is 5.11 Å². The van der Waals surface area contributed by atoms with Gasteiger partial charge in [-0.2, -0.15) is 0 Å². The number of nitrogens with zero attached hydrogens (tertiary/aromatic N) is 4. The molecule has 0 amide bonds. The lowest BCUT2D eigenvalue weighted by atomic mass is 9.80. The highest BCUT2D eigenvalue weighted by Gasteiger charge is 2.24. The molecule has 0 radical (unpaired) electrons. The average molecular weight is 254 g/mol. The molecule has 0 aliphatic heterocycles. The predicted octanol–water partition coefficient (Wildman–Crippen LogP) is 1.93. The minimum absolute atomic E-state index is 0.0297. The first-order chi connectivity index (χ1) is 8.21. The Labute approximate surface area is 107 Å². The number of rotatable bonds is 5. The summed E-state index contributed by atoms with van der Waals surface area (Å²) in [5.41, 5.74) is 0.173. The van der Waals surface area contributed by atoms with Crippen LogP contribution >= 0.6 is 0 Å². The van der Waals surface area contributed by atoms with Crippen molar-refractivity contribution in [3.05, 3.63) is 5.82 Å². The second kappa shape index (κ2) is 5.46. The van der Waals surface area contributed by atoms with E-state index < -0.39 is 5.97 Å². The van der Waals surface area contributed by atoms with E-state index in [1.165, 1.54) is 0 Å². The van der Waals surface area contributed by atoms with Gasteiger partial charge in [-0.15, -0.1) is 5.10 Å². The molecule has 0 bridgehead atoms. The number of aromatic nitrogens is 4. The van der Waals surface area contributed by atoms with Crippen LogP contribution in [0.4, 0.5) is 0 Å². The van der Waals surface area contributed by atoms with Crippen molar-refractivity contribution >= 4 is 5.97 Å². The number of hydrogen-bond donors (Lipinski definition) is 1. The molecule has 0 saturated carbocycles. The zero-order chi connectivity index (χ0) is 13.9. The van der Waals surface area contributed by atoms with Crippen molar-refractivity contribution in [2.45, 2.75) is 53.5 Å². The Balaban J connectivity index is 2.80. The SMILES string of the molecule is CC(CC(=O)O)n1nnnc1CC(C)C(C)(C)C. The van der Waals surface area contributed by atoms with E-state index in [9.17, 15) is 4.79 Å². The molecule has 1 N–H and O–H groups in total. The Morgan fingerprint density at radius 2 is 2.00 bits per heavy atom. The third-order valence-corrected chi connectivity index (χ3v) is 3.42. The molecule has 1 aromatic rings. The van der Waals surface area contributed by atoms with E-state index in [1.54, 1.807) is 4.68 Å². The maximum Gasteiger partial charge on any atom is 0.305 e. The summed E-state index contributed by atoms with van der Waals surface area (Å²) in [5, 5.41) is 20.4. The zero-order valence-corrected chi connectivity index (χ0v) is 11.7. The van der Waals surface area contributed by atoms with E-state index in [0.29, 0.717) is 5.92 Å². The van der Waals surface area contributed by atoms with Crippen LogP contribution in [0.2, 0.25) is 0 Å². The molecule has 1 heterocycles. The first kappa shape index (κ1) is 14.6. The quantitative estimate of drug-likeness (QED) is 0.868. The van der Waals surface area contributed by atoms with Gasteiger partial charge >= 0.3 is 5.97 Å². The van der Waals surface area contributed by atoms with Crippen molar-refractivity contribution in [2.75, 3.05) is 0 Å². The van der Waals surface area contributed by atoms with Gasteiger partial charge in [0.15, 0.2) is 5.82 Å². The molecule has 6 heteroatoms. The highest BCUT2D eigenvalue weighted by molar-refractivity contribution is 5.67. The molecule has 0 spiro atoms. The smallest absolute Gasteiger partial charge is 0.305 e. The molecular formula is C12H22N4O2. The van der Waals surface area contributed by atoms with Crippen LogP contribution < -0.4 is 0 Å². The molecule has 0 aliphatic rings. The standard InChI is InChI=1S/C12H22N4O2/c1-8(12(3,4)5)6-10-13-14-15-16(10)9(2)7-11(17)18/h8-9H,6-7H2,1-5H3,(H,17,18). The number of carboxylic acids is 1. The lowest BCUT2D eigenvalue weighted by Crippen LogP contribution is -2.23. The summed E-state index contributed by atoms with van der Waals surface area (Å²) in [5.74, 6) is 0.332. The predicted molar refractivity (Wildman–Crippen MR) is 67.1 cm³/mol. The van der Waals surface area contributed by atoms with Gasteiger partial charge in [-0.05, 0) is 28.7 Å². The molecule has 0 aromatic carbocycles. The number of carbonyl (C=O) groups is 1. The van der Waals surface area contributed by atoms with E-state index in [-0.39, 0.29) is 17.9 Å². The minimum atomic E-state index is -0.840. The van der Waals surface area contributed by atoms with E-state index in [0.717, 1.165) is 12.2 Å². The fraction of sp³-hybridized carbons (Fsp3) is 0.833. The molecule has 2 unspecified atom stereocenters. The van der Waals surface area contributed by atoms with Gasteiger partial charge in [-0.25, -0.2) is 4.68 Å². The van der Waals surface area contributed by atoms with Crippen molar-refractivity contribution in [1.29, 1.82) is 0 Å². The molecule has 2 atom stereocenters. The molecule has 18 heavy (non-hydrogen) atoms. The number of aliphatic carboxylic acids is 1. The summed E-state index contributed by atoms with van der Waals surface area (Å²) >= 11 is 0. The Morgan fingerprint density at radius 3 is 2.50 bits per heavy atom. The average Bonchev–Trinajstić information content (AvgIpc) is 2.63. The lowest BCUT2D eigenvalue weighted by Gasteiger charge is -2.27. The topological polar surface area (TPSA) is 80.9 Å². The normalized spacial score (nSPS) is 15.4. The van der Waals surface area contributed by atoms with Crippen molar-refractivity contribution < 1.29 is 9.90 Å². The van der Waals surface area contributed by atoms with Crippen LogP contribution in [-0.2, 0) is 11.2 Å². The molecule has 102 valence electrons. The molecule has 6 nitrogen and oxygen atoms in total. The molecule has 0 fully saturated rings. The monoisotopic (exact) mass is 254 g/mol. The summed E-state index contributed by atoms with van der Waals surface area (Å²) in [6, 6.07) is -0.223. The van der Waals surface area contributed by atoms with Gasteiger partial charge in [0.2, 0.25) is 0 Å². The summed E-state index contributed by atoms with van der Waals surface area (Å²) in [7, 11) is 0. The van der Waals surface area contributed by atoms with E-state index in [1.807, 2.05) is 6.92 Å². The highest BCUT2D eigenvalue weighted by atomic mass is 16.4. The Morgan fingerprint density at radius 1 is 1.39 bits per heavy atom. The van der Waals surface area contributed by atoms with Crippen LogP contribution in [0, 0.1) is 11.3 Å². The minimum Gasteiger partial charge on any atom is -0.481 e. The van der Waals surface area contributed by atoms with E-state index >= 15 is 0 Å². The van der Waals surface area contributed by atoms with Crippen molar-refractivity contribution in [2.24, 2.45) is 11.3 Å². The summed E-state index contributed by atoms with van der Waals surface area (Å²) in [4.78, 5) is 10.7. The molecule has 0 saturated heterocycles. The Hall–Kier alpha value is -1.46. The molecule has 0 aliphatic carbocycles. The second-order valence-corrected chi connectivity index (χ2v) is 5.96. The van der Waals surface area contributed by atoms with Crippen LogP contribution in [0.5, 0.6) is 0 Å². The number of tetrazole rings is 1. The first-order valence-corrected chi connectivity index (χ1v) is 6.20. The van der Waals surface area contributed by atoms with E-state index in [2.05, 4.69) is 43.2 Å². The van der Waals surface area contributed by atoms with Gasteiger partial charge in [0, 0.05) is 6.42 Å². The zero-order valence-electron chi connectivity index (χ0n) is 11.7. The fourth-order valence-electron chi connectivity index (χ4n) is 1.61. The number of hydrogen-bond acceptors (Lipinski definition) is 4. The second-order valence-electron chi connectivity index (χ2n) is 5.96. The van der Waals surface area contributed by atoms with Gasteiger partial charge < -0.3 is 5.11 Å². The largest absolute Gasteiger partial charge is 0.481 e. The molecule has 1 aromatic heterocycles. The van der Waals surface area contributed by atoms with Crippen LogP contribution in [0.3, 0.4) is 0 Å². The number of carboxylic acid groups (broad SMARTS) is 1. The highest BCUT2D eigenvalue weighted by Crippen LogP contribution is 2.28. The Bertz CT molecular complexity index is 408. The molecule has 1 rings (SSSR count). The van der Waals surface area contributed by atoms with Crippen LogP contribution in [0.1, 0.15) is 52.9 Å². The molecular weight excluding hydrogens is 232 g/mol. The van der Waals surface area contributed by atoms with Crippen LogP contribution in [0.15, 0.2) is 0 Å². The van der Waals surface area contributed by atoms with Crippen molar-refractivity contribution in [3.63, 3.8) is 0 Å². The van der Waals surface area contributed by atoms with Gasteiger partial charge in [0.05, 0.1) is 12.5 Å². The van der Waals surface area contributed by atoms with Crippen LogP contribution in [-0.4, -0.2) is 31.3 Å². The maximum atomic E-state index is 10.7. The van der Waals surface area contributed by atoms with Gasteiger partial charge in [0.1, 0.15) is 0 Å².